The fraction of sp³-hybridized carbons (Fsp3) is 0.219. The van der Waals surface area contributed by atoms with Crippen LogP contribution in [0.15, 0.2) is 54.6 Å². The molecular formula is C32H26ClF4N3O4S. The Kier molecular flexibility index (Phi) is 8.62. The van der Waals surface area contributed by atoms with Gasteiger partial charge in [0.15, 0.2) is 5.82 Å². The van der Waals surface area contributed by atoms with Gasteiger partial charge in [-0.3, -0.25) is 4.79 Å². The van der Waals surface area contributed by atoms with E-state index >= 15 is 4.39 Å². The number of methoxy groups -OCH3 is 1. The first kappa shape index (κ1) is 32.3. The van der Waals surface area contributed by atoms with Gasteiger partial charge >= 0.3 is 0 Å². The smallest absolute Gasteiger partial charge is 0.251 e. The number of ether oxygens (including phenoxy) is 1. The predicted octanol–water partition coefficient (Wildman–Crippen LogP) is 6.78. The topological polar surface area (TPSA) is 105 Å². The fourth-order valence-corrected chi connectivity index (χ4v) is 5.91. The van der Waals surface area contributed by atoms with E-state index in [4.69, 9.17) is 16.3 Å². The molecule has 45 heavy (non-hydrogen) atoms. The molecule has 0 fully saturated rings. The number of aromatic nitrogens is 2. The fourth-order valence-electron chi connectivity index (χ4n) is 4.86. The summed E-state index contributed by atoms with van der Waals surface area (Å²) < 4.78 is 65.4. The molecule has 3 aromatic carbocycles. The Morgan fingerprint density at radius 2 is 1.76 bits per heavy atom. The van der Waals surface area contributed by atoms with Crippen molar-refractivity contribution in [1.82, 2.24) is 15.3 Å². The van der Waals surface area contributed by atoms with Crippen LogP contribution < -0.4 is 10.1 Å². The number of nitrogens with one attached hydrogen (secondary N) is 1. The number of carbonyl (C=O) groups is 1. The van der Waals surface area contributed by atoms with Gasteiger partial charge < -0.3 is 20.3 Å². The van der Waals surface area contributed by atoms with Crippen LogP contribution >= 0.6 is 22.9 Å². The van der Waals surface area contributed by atoms with Crippen molar-refractivity contribution in [3.8, 4) is 17.0 Å². The van der Waals surface area contributed by atoms with Gasteiger partial charge in [-0.05, 0) is 62.7 Å². The molecule has 5 rings (SSSR count). The first-order valence-electron chi connectivity index (χ1n) is 13.4. The van der Waals surface area contributed by atoms with Crippen molar-refractivity contribution in [3.05, 3.63) is 110 Å². The number of fused-ring (bicyclic) bond motifs is 1. The van der Waals surface area contributed by atoms with Crippen molar-refractivity contribution in [3.63, 3.8) is 0 Å². The highest BCUT2D eigenvalue weighted by molar-refractivity contribution is 7.18. The zero-order valence-electron chi connectivity index (χ0n) is 24.3. The summed E-state index contributed by atoms with van der Waals surface area (Å²) >= 11 is 7.22. The van der Waals surface area contributed by atoms with Gasteiger partial charge in [-0.1, -0.05) is 23.7 Å². The second-order valence-corrected chi connectivity index (χ2v) is 12.5. The zero-order chi connectivity index (χ0) is 32.8. The third kappa shape index (κ3) is 6.23. The molecule has 1 amide bonds. The molecule has 2 heterocycles. The molecule has 0 saturated carbocycles. The molecule has 0 aliphatic rings. The standard InChI is InChI=1S/C32H26ClF4N3O4S/c1-15-39-29-24(44-4)8-16(9-25(29)45-15)30(41)38-14-32(43,17-6-5-7-18(34)10-17)26-12-20(31(2,3)42)27(37)28(40-26)19-11-21(33)23(36)13-22(19)35/h5-13,42-43H,14H2,1-4H3,(H,38,41)/t32-/m1/s1. The molecule has 2 aromatic heterocycles. The van der Waals surface area contributed by atoms with Crippen molar-refractivity contribution >= 4 is 39.1 Å². The lowest BCUT2D eigenvalue weighted by Crippen LogP contribution is -2.43. The molecule has 0 aliphatic carbocycles. The summed E-state index contributed by atoms with van der Waals surface area (Å²) in [7, 11) is 1.43. The Balaban J connectivity index is 1.66. The third-order valence-electron chi connectivity index (χ3n) is 7.16. The predicted molar refractivity (Wildman–Crippen MR) is 162 cm³/mol. The Morgan fingerprint density at radius 3 is 2.42 bits per heavy atom. The first-order valence-corrected chi connectivity index (χ1v) is 14.6. The highest BCUT2D eigenvalue weighted by Gasteiger charge is 2.38. The number of amides is 1. The molecule has 0 aliphatic heterocycles. The molecule has 0 spiro atoms. The van der Waals surface area contributed by atoms with E-state index in [0.29, 0.717) is 22.0 Å². The second kappa shape index (κ2) is 12.0. The first-order chi connectivity index (χ1) is 21.1. The number of aliphatic hydroxyl groups is 2. The van der Waals surface area contributed by atoms with E-state index in [1.165, 1.54) is 50.5 Å². The van der Waals surface area contributed by atoms with Crippen molar-refractivity contribution in [2.75, 3.05) is 13.7 Å². The lowest BCUT2D eigenvalue weighted by atomic mass is 9.86. The van der Waals surface area contributed by atoms with Gasteiger partial charge in [-0.15, -0.1) is 11.3 Å². The zero-order valence-corrected chi connectivity index (χ0v) is 25.9. The number of thiazole rings is 1. The van der Waals surface area contributed by atoms with Crippen LogP contribution in [0.2, 0.25) is 5.02 Å². The summed E-state index contributed by atoms with van der Waals surface area (Å²) in [4.78, 5) is 22.0. The van der Waals surface area contributed by atoms with E-state index in [-0.39, 0.29) is 16.8 Å². The van der Waals surface area contributed by atoms with Gasteiger partial charge in [-0.2, -0.15) is 0 Å². The summed E-state index contributed by atoms with van der Waals surface area (Å²) in [6.07, 6.45) is 0. The van der Waals surface area contributed by atoms with Gasteiger partial charge in [0.05, 0.1) is 39.7 Å². The average Bonchev–Trinajstić information content (AvgIpc) is 3.36. The Morgan fingerprint density at radius 1 is 1.02 bits per heavy atom. The molecule has 234 valence electrons. The number of halogens is 5. The molecule has 0 saturated heterocycles. The minimum absolute atomic E-state index is 0.0988. The molecule has 3 N–H and O–H groups in total. The molecule has 0 unspecified atom stereocenters. The maximum Gasteiger partial charge on any atom is 0.251 e. The van der Waals surface area contributed by atoms with Crippen LogP contribution in [0.25, 0.3) is 21.5 Å². The van der Waals surface area contributed by atoms with E-state index < -0.39 is 68.8 Å². The van der Waals surface area contributed by atoms with Crippen molar-refractivity contribution < 1.29 is 37.3 Å². The van der Waals surface area contributed by atoms with Gasteiger partial charge in [0.25, 0.3) is 5.91 Å². The van der Waals surface area contributed by atoms with Crippen LogP contribution in [0.4, 0.5) is 17.6 Å². The molecule has 0 radical (unpaired) electrons. The lowest BCUT2D eigenvalue weighted by Gasteiger charge is -2.31. The lowest BCUT2D eigenvalue weighted by molar-refractivity contribution is 0.0623. The van der Waals surface area contributed by atoms with Crippen LogP contribution in [0.3, 0.4) is 0 Å². The highest BCUT2D eigenvalue weighted by atomic mass is 35.5. The van der Waals surface area contributed by atoms with Crippen molar-refractivity contribution in [2.45, 2.75) is 32.0 Å². The summed E-state index contributed by atoms with van der Waals surface area (Å²) in [5.41, 5.74) is -5.69. The molecule has 1 atom stereocenters. The van der Waals surface area contributed by atoms with Crippen LogP contribution in [0, 0.1) is 30.2 Å². The molecule has 5 aromatic rings. The Labute approximate surface area is 264 Å². The molecule has 13 heteroatoms. The van der Waals surface area contributed by atoms with Crippen molar-refractivity contribution in [1.29, 1.82) is 0 Å². The van der Waals surface area contributed by atoms with E-state index in [1.807, 2.05) is 0 Å². The summed E-state index contributed by atoms with van der Waals surface area (Å²) in [6, 6.07) is 10.2. The number of aryl methyl sites for hydroxylation is 1. The third-order valence-corrected chi connectivity index (χ3v) is 8.37. The van der Waals surface area contributed by atoms with Gasteiger partial charge in [0.1, 0.15) is 40.0 Å². The molecule has 0 bridgehead atoms. The van der Waals surface area contributed by atoms with Crippen molar-refractivity contribution in [2.24, 2.45) is 0 Å². The SMILES string of the molecule is COc1cc(C(=O)NC[C@@](O)(c2cccc(F)c2)c2cc(C(C)(C)O)c(F)c(-c3cc(Cl)c(F)cc3F)n2)cc2sc(C)nc12. The van der Waals surface area contributed by atoms with E-state index in [2.05, 4.69) is 15.3 Å². The second-order valence-electron chi connectivity index (χ2n) is 10.8. The summed E-state index contributed by atoms with van der Waals surface area (Å²) in [5, 5.41) is 25.9. The molecule has 7 nitrogen and oxygen atoms in total. The number of hydrogen-bond donors (Lipinski definition) is 3. The Hall–Kier alpha value is -4.10. The number of rotatable bonds is 8. The number of pyridine rings is 1. The number of benzene rings is 3. The van der Waals surface area contributed by atoms with Crippen LogP contribution in [0.5, 0.6) is 5.75 Å². The average molecular weight is 660 g/mol. The van der Waals surface area contributed by atoms with Crippen LogP contribution in [-0.4, -0.2) is 39.7 Å². The maximum absolute atomic E-state index is 15.9. The minimum atomic E-state index is -2.37. The minimum Gasteiger partial charge on any atom is -0.494 e. The highest BCUT2D eigenvalue weighted by Crippen LogP contribution is 2.38. The van der Waals surface area contributed by atoms with E-state index in [1.54, 1.807) is 13.0 Å². The van der Waals surface area contributed by atoms with E-state index in [0.717, 1.165) is 29.3 Å². The van der Waals surface area contributed by atoms with E-state index in [9.17, 15) is 28.2 Å². The number of nitrogens with zero attached hydrogens (tertiary/aromatic N) is 2. The molecular weight excluding hydrogens is 634 g/mol. The maximum atomic E-state index is 15.9. The quantitative estimate of drug-likeness (QED) is 0.125. The summed E-state index contributed by atoms with van der Waals surface area (Å²) in [6.45, 7) is 3.68. The van der Waals surface area contributed by atoms with Gasteiger partial charge in [0.2, 0.25) is 0 Å². The Bertz CT molecular complexity index is 1960. The van der Waals surface area contributed by atoms with Crippen LogP contribution in [-0.2, 0) is 11.2 Å². The normalized spacial score (nSPS) is 13.1. The summed E-state index contributed by atoms with van der Waals surface area (Å²) in [5.74, 6) is -4.53. The largest absolute Gasteiger partial charge is 0.494 e. The monoisotopic (exact) mass is 659 g/mol. The van der Waals surface area contributed by atoms with Gasteiger partial charge in [0, 0.05) is 22.8 Å². The van der Waals surface area contributed by atoms with Gasteiger partial charge in [-0.25, -0.2) is 27.5 Å². The van der Waals surface area contributed by atoms with Crippen LogP contribution in [0.1, 0.15) is 46.0 Å². The number of hydrogen-bond acceptors (Lipinski definition) is 7. The number of carbonyl (C=O) groups excluding carboxylic acids is 1.